The van der Waals surface area contributed by atoms with E-state index in [1.165, 1.54) is 18.3 Å². The number of aliphatic hydroxyl groups excluding tert-OH is 1. The minimum absolute atomic E-state index is 0.0531. The number of sulfonamides is 1. The highest BCUT2D eigenvalue weighted by Crippen LogP contribution is 2.07. The second-order valence-corrected chi connectivity index (χ2v) is 4.66. The third kappa shape index (κ3) is 3.46. The van der Waals surface area contributed by atoms with Crippen molar-refractivity contribution in [1.82, 2.24) is 9.71 Å². The fraction of sp³-hybridized carbons (Fsp3) is 0.375. The molecule has 0 aliphatic rings. The minimum atomic E-state index is -3.53. The molecule has 0 fully saturated rings. The zero-order valence-electron chi connectivity index (χ0n) is 8.05. The third-order valence-corrected chi connectivity index (χ3v) is 3.14. The van der Waals surface area contributed by atoms with Crippen molar-refractivity contribution in [1.29, 1.82) is 0 Å². The van der Waals surface area contributed by atoms with Gasteiger partial charge in [-0.25, -0.2) is 18.1 Å². The number of nitrogens with one attached hydrogen (secondary N) is 1. The van der Waals surface area contributed by atoms with Gasteiger partial charge in [0.15, 0.2) is 0 Å². The highest BCUT2D eigenvalue weighted by Gasteiger charge is 2.12. The molecule has 15 heavy (non-hydrogen) atoms. The van der Waals surface area contributed by atoms with Gasteiger partial charge < -0.3 is 10.8 Å². The monoisotopic (exact) mass is 231 g/mol. The van der Waals surface area contributed by atoms with Crippen LogP contribution in [0.2, 0.25) is 0 Å². The van der Waals surface area contributed by atoms with Crippen molar-refractivity contribution in [2.75, 3.05) is 18.9 Å². The number of hydrogen-bond acceptors (Lipinski definition) is 5. The quantitative estimate of drug-likeness (QED) is 0.582. The molecule has 0 radical (unpaired) electrons. The van der Waals surface area contributed by atoms with Gasteiger partial charge in [-0.1, -0.05) is 0 Å². The van der Waals surface area contributed by atoms with E-state index in [1.807, 2.05) is 0 Å². The minimum Gasteiger partial charge on any atom is -0.396 e. The highest BCUT2D eigenvalue weighted by atomic mass is 32.2. The fourth-order valence-corrected chi connectivity index (χ4v) is 1.94. The maximum absolute atomic E-state index is 11.5. The van der Waals surface area contributed by atoms with E-state index in [1.54, 1.807) is 0 Å². The Kier molecular flexibility index (Phi) is 4.01. The number of rotatable bonds is 5. The van der Waals surface area contributed by atoms with Crippen molar-refractivity contribution in [2.24, 2.45) is 0 Å². The number of nitrogens with zero attached hydrogens (tertiary/aromatic N) is 1. The summed E-state index contributed by atoms with van der Waals surface area (Å²) in [6.45, 7) is 0.145. The maximum atomic E-state index is 11.5. The SMILES string of the molecule is Nc1ccc(S(=O)(=O)NCCCO)cn1. The first kappa shape index (κ1) is 11.9. The van der Waals surface area contributed by atoms with Gasteiger partial charge in [-0.15, -0.1) is 0 Å². The molecule has 7 heteroatoms. The lowest BCUT2D eigenvalue weighted by atomic mass is 10.5. The van der Waals surface area contributed by atoms with Crippen LogP contribution in [0.5, 0.6) is 0 Å². The van der Waals surface area contributed by atoms with Crippen LogP contribution in [0.25, 0.3) is 0 Å². The van der Waals surface area contributed by atoms with Crippen LogP contribution in [0.3, 0.4) is 0 Å². The number of nitrogens with two attached hydrogens (primary N) is 1. The maximum Gasteiger partial charge on any atom is 0.242 e. The summed E-state index contributed by atoms with van der Waals surface area (Å²) in [7, 11) is -3.53. The molecule has 0 aliphatic heterocycles. The predicted molar refractivity (Wildman–Crippen MR) is 55.5 cm³/mol. The van der Waals surface area contributed by atoms with Crippen LogP contribution in [0.15, 0.2) is 23.2 Å². The summed E-state index contributed by atoms with van der Waals surface area (Å²) in [6.07, 6.45) is 1.57. The molecule has 4 N–H and O–H groups in total. The van der Waals surface area contributed by atoms with E-state index in [9.17, 15) is 8.42 Å². The summed E-state index contributed by atoms with van der Waals surface area (Å²) in [6, 6.07) is 2.80. The first-order valence-corrected chi connectivity index (χ1v) is 5.86. The van der Waals surface area contributed by atoms with E-state index in [-0.39, 0.29) is 23.9 Å². The van der Waals surface area contributed by atoms with Crippen LogP contribution in [-0.4, -0.2) is 31.7 Å². The molecule has 1 rings (SSSR count). The normalized spacial score (nSPS) is 11.5. The Morgan fingerprint density at radius 2 is 2.20 bits per heavy atom. The fourth-order valence-electron chi connectivity index (χ4n) is 0.920. The summed E-state index contributed by atoms with van der Waals surface area (Å²) in [5.41, 5.74) is 5.33. The predicted octanol–water partition coefficient (Wildman–Crippen LogP) is -0.676. The molecule has 0 atom stereocenters. The van der Waals surface area contributed by atoms with Crippen molar-refractivity contribution in [3.05, 3.63) is 18.3 Å². The Hall–Kier alpha value is -1.18. The zero-order chi connectivity index (χ0) is 11.3. The molecule has 0 saturated carbocycles. The van der Waals surface area contributed by atoms with Crippen molar-refractivity contribution in [3.63, 3.8) is 0 Å². The Balaban J connectivity index is 2.73. The second kappa shape index (κ2) is 5.06. The topological polar surface area (TPSA) is 105 Å². The average molecular weight is 231 g/mol. The standard InChI is InChI=1S/C8H13N3O3S/c9-8-3-2-7(6-10-8)15(13,14)11-4-1-5-12/h2-3,6,11-12H,1,4-5H2,(H2,9,10). The van der Waals surface area contributed by atoms with Crippen LogP contribution in [0, 0.1) is 0 Å². The Labute approximate surface area is 88.2 Å². The molecule has 0 unspecified atom stereocenters. The van der Waals surface area contributed by atoms with Crippen molar-refractivity contribution in [2.45, 2.75) is 11.3 Å². The smallest absolute Gasteiger partial charge is 0.242 e. The molecular weight excluding hydrogens is 218 g/mol. The third-order valence-electron chi connectivity index (χ3n) is 1.70. The van der Waals surface area contributed by atoms with Gasteiger partial charge in [0.2, 0.25) is 10.0 Å². The van der Waals surface area contributed by atoms with Crippen LogP contribution < -0.4 is 10.5 Å². The van der Waals surface area contributed by atoms with Gasteiger partial charge in [0.1, 0.15) is 10.7 Å². The Morgan fingerprint density at radius 1 is 1.47 bits per heavy atom. The summed E-state index contributed by atoms with van der Waals surface area (Å²) in [4.78, 5) is 3.75. The Bertz CT molecular complexity index is 402. The molecule has 6 nitrogen and oxygen atoms in total. The number of hydrogen-bond donors (Lipinski definition) is 3. The van der Waals surface area contributed by atoms with Gasteiger partial charge in [0, 0.05) is 19.3 Å². The van der Waals surface area contributed by atoms with Crippen LogP contribution in [-0.2, 0) is 10.0 Å². The molecule has 0 saturated heterocycles. The van der Waals surface area contributed by atoms with Gasteiger partial charge in [-0.05, 0) is 18.6 Å². The van der Waals surface area contributed by atoms with Crippen molar-refractivity contribution >= 4 is 15.8 Å². The lowest BCUT2D eigenvalue weighted by molar-refractivity contribution is 0.289. The molecule has 1 aromatic heterocycles. The highest BCUT2D eigenvalue weighted by molar-refractivity contribution is 7.89. The lowest BCUT2D eigenvalue weighted by Gasteiger charge is -2.05. The van der Waals surface area contributed by atoms with E-state index in [4.69, 9.17) is 10.8 Å². The summed E-state index contributed by atoms with van der Waals surface area (Å²) >= 11 is 0. The number of anilines is 1. The van der Waals surface area contributed by atoms with Crippen LogP contribution in [0.1, 0.15) is 6.42 Å². The molecule has 0 aliphatic carbocycles. The summed E-state index contributed by atoms with van der Waals surface area (Å²) in [5, 5.41) is 8.51. The molecular formula is C8H13N3O3S. The Morgan fingerprint density at radius 3 is 2.73 bits per heavy atom. The van der Waals surface area contributed by atoms with E-state index in [0.29, 0.717) is 6.42 Å². The molecule has 0 spiro atoms. The van der Waals surface area contributed by atoms with Crippen molar-refractivity contribution in [3.8, 4) is 0 Å². The van der Waals surface area contributed by atoms with Gasteiger partial charge in [0.05, 0.1) is 0 Å². The van der Waals surface area contributed by atoms with Crippen LogP contribution >= 0.6 is 0 Å². The number of pyridine rings is 1. The van der Waals surface area contributed by atoms with Gasteiger partial charge in [-0.2, -0.15) is 0 Å². The first-order chi connectivity index (χ1) is 7.06. The van der Waals surface area contributed by atoms with Gasteiger partial charge in [-0.3, -0.25) is 0 Å². The molecule has 0 bridgehead atoms. The van der Waals surface area contributed by atoms with Gasteiger partial charge >= 0.3 is 0 Å². The summed E-state index contributed by atoms with van der Waals surface area (Å²) in [5.74, 6) is 0.268. The second-order valence-electron chi connectivity index (χ2n) is 2.89. The number of aliphatic hydroxyl groups is 1. The number of aromatic nitrogens is 1. The molecule has 1 aromatic rings. The lowest BCUT2D eigenvalue weighted by Crippen LogP contribution is -2.25. The van der Waals surface area contributed by atoms with Crippen molar-refractivity contribution < 1.29 is 13.5 Å². The van der Waals surface area contributed by atoms with E-state index in [0.717, 1.165) is 0 Å². The first-order valence-electron chi connectivity index (χ1n) is 4.38. The molecule has 0 amide bonds. The van der Waals surface area contributed by atoms with E-state index >= 15 is 0 Å². The molecule has 0 aromatic carbocycles. The zero-order valence-corrected chi connectivity index (χ0v) is 8.87. The van der Waals surface area contributed by atoms with E-state index < -0.39 is 10.0 Å². The van der Waals surface area contributed by atoms with E-state index in [2.05, 4.69) is 9.71 Å². The van der Waals surface area contributed by atoms with Gasteiger partial charge in [0.25, 0.3) is 0 Å². The van der Waals surface area contributed by atoms with Crippen LogP contribution in [0.4, 0.5) is 5.82 Å². The average Bonchev–Trinajstić information content (AvgIpc) is 2.18. The largest absolute Gasteiger partial charge is 0.396 e. The summed E-state index contributed by atoms with van der Waals surface area (Å²) < 4.78 is 25.4. The molecule has 1 heterocycles. The molecule has 84 valence electrons. The number of nitrogen functional groups attached to an aromatic ring is 1.